The van der Waals surface area contributed by atoms with Crippen LogP contribution in [0.4, 0.5) is 26.8 Å². The number of ether oxygens (including phenoxy) is 1. The van der Waals surface area contributed by atoms with E-state index in [4.69, 9.17) is 21.2 Å². The summed E-state index contributed by atoms with van der Waals surface area (Å²) in [6.07, 6.45) is 4.85. The molecule has 43 heavy (non-hydrogen) atoms. The molecule has 1 spiro atoms. The minimum absolute atomic E-state index is 0.136. The first kappa shape index (κ1) is 27.6. The van der Waals surface area contributed by atoms with Crippen molar-refractivity contribution in [2.75, 3.05) is 54.5 Å². The molecule has 222 valence electrons. The fourth-order valence-electron chi connectivity index (χ4n) is 7.63. The molecule has 7 rings (SSSR count). The van der Waals surface area contributed by atoms with Crippen LogP contribution in [-0.4, -0.2) is 64.3 Å². The van der Waals surface area contributed by atoms with Crippen LogP contribution in [0, 0.1) is 22.7 Å². The van der Waals surface area contributed by atoms with Crippen molar-refractivity contribution in [2.24, 2.45) is 0 Å². The highest BCUT2D eigenvalue weighted by molar-refractivity contribution is 7.16. The average Bonchev–Trinajstić information content (AvgIpc) is 3.69. The van der Waals surface area contributed by atoms with Gasteiger partial charge in [-0.3, -0.25) is 4.90 Å². The Balaban J connectivity index is 1.22. The van der Waals surface area contributed by atoms with Gasteiger partial charge in [0, 0.05) is 48.1 Å². The zero-order valence-electron chi connectivity index (χ0n) is 23.9. The normalized spacial score (nSPS) is 24.2. The number of nitriles is 2. The molecule has 0 saturated carbocycles. The molecule has 0 radical (unpaired) electrons. The molecule has 1 aliphatic carbocycles. The maximum absolute atomic E-state index is 14.4. The van der Waals surface area contributed by atoms with Gasteiger partial charge in [-0.2, -0.15) is 20.5 Å². The predicted molar refractivity (Wildman–Crippen MR) is 162 cm³/mol. The molecule has 4 aliphatic rings. The summed E-state index contributed by atoms with van der Waals surface area (Å²) in [6.45, 7) is 4.68. The second-order valence-corrected chi connectivity index (χ2v) is 13.4. The van der Waals surface area contributed by atoms with Gasteiger partial charge in [0.1, 0.15) is 41.3 Å². The fourth-order valence-corrected chi connectivity index (χ4v) is 8.77. The molecule has 3 aliphatic heterocycles. The van der Waals surface area contributed by atoms with Crippen molar-refractivity contribution in [3.8, 4) is 18.1 Å². The van der Waals surface area contributed by atoms with E-state index < -0.39 is 6.17 Å². The first-order valence-electron chi connectivity index (χ1n) is 14.6. The molecule has 0 bridgehead atoms. The van der Waals surface area contributed by atoms with Crippen molar-refractivity contribution in [2.45, 2.75) is 62.2 Å². The lowest BCUT2D eigenvalue weighted by Gasteiger charge is -2.49. The van der Waals surface area contributed by atoms with Crippen molar-refractivity contribution in [3.05, 3.63) is 45.5 Å². The van der Waals surface area contributed by atoms with Gasteiger partial charge in [-0.15, -0.1) is 11.3 Å². The topological polar surface area (TPSA) is 166 Å². The minimum atomic E-state index is -0.873. The van der Waals surface area contributed by atoms with Crippen LogP contribution in [-0.2, 0) is 11.8 Å². The average molecular weight is 601 g/mol. The van der Waals surface area contributed by atoms with Crippen LogP contribution >= 0.6 is 11.3 Å². The van der Waals surface area contributed by atoms with Gasteiger partial charge < -0.3 is 26.4 Å². The highest BCUT2D eigenvalue weighted by atomic mass is 32.1. The molecule has 3 fully saturated rings. The molecule has 3 saturated heterocycles. The quantitative estimate of drug-likeness (QED) is 0.362. The van der Waals surface area contributed by atoms with Crippen LogP contribution in [0.3, 0.4) is 0 Å². The second-order valence-electron chi connectivity index (χ2n) is 12.3. The number of alkyl halides is 1. The molecule has 6 heterocycles. The molecule has 3 atom stereocenters. The maximum Gasteiger partial charge on any atom is 0.320 e. The lowest BCUT2D eigenvalue weighted by Crippen LogP contribution is -2.59. The number of nitrogens with two attached hydrogens (primary N) is 2. The number of pyridine rings is 1. The van der Waals surface area contributed by atoms with E-state index >= 15 is 0 Å². The van der Waals surface area contributed by atoms with E-state index in [1.807, 2.05) is 19.1 Å². The van der Waals surface area contributed by atoms with Crippen molar-refractivity contribution >= 4 is 33.8 Å². The number of anilines is 4. The Kier molecular flexibility index (Phi) is 6.56. The molecule has 0 amide bonds. The number of thiophene rings is 1. The van der Waals surface area contributed by atoms with Crippen LogP contribution in [0.1, 0.15) is 65.8 Å². The zero-order valence-corrected chi connectivity index (χ0v) is 24.8. The number of hydrogen-bond donors (Lipinski definition) is 3. The van der Waals surface area contributed by atoms with Gasteiger partial charge in [0.25, 0.3) is 0 Å². The summed E-state index contributed by atoms with van der Waals surface area (Å²) in [5, 5.41) is 24.1. The lowest BCUT2D eigenvalue weighted by molar-refractivity contribution is 0.107. The van der Waals surface area contributed by atoms with Gasteiger partial charge >= 0.3 is 6.01 Å². The monoisotopic (exact) mass is 600 g/mol. The lowest BCUT2D eigenvalue weighted by atomic mass is 9.74. The Bertz CT molecular complexity index is 1670. The van der Waals surface area contributed by atoms with Gasteiger partial charge in [-0.05, 0) is 50.8 Å². The van der Waals surface area contributed by atoms with Crippen molar-refractivity contribution in [1.29, 1.82) is 10.5 Å². The first-order valence-corrected chi connectivity index (χ1v) is 15.5. The Morgan fingerprint density at radius 2 is 2.05 bits per heavy atom. The van der Waals surface area contributed by atoms with E-state index in [2.05, 4.69) is 37.2 Å². The molecule has 5 N–H and O–H groups in total. The Morgan fingerprint density at radius 3 is 2.81 bits per heavy atom. The van der Waals surface area contributed by atoms with E-state index in [0.29, 0.717) is 59.6 Å². The van der Waals surface area contributed by atoms with Crippen LogP contribution < -0.4 is 26.4 Å². The Morgan fingerprint density at radius 1 is 1.23 bits per heavy atom. The van der Waals surface area contributed by atoms with Gasteiger partial charge in [0.2, 0.25) is 0 Å². The predicted octanol–water partition coefficient (Wildman–Crippen LogP) is 3.67. The largest absolute Gasteiger partial charge is 0.461 e. The summed E-state index contributed by atoms with van der Waals surface area (Å²) in [4.78, 5) is 19.0. The Hall–Kier alpha value is -4.20. The molecule has 13 heteroatoms. The summed E-state index contributed by atoms with van der Waals surface area (Å²) in [6, 6.07) is 8.14. The highest BCUT2D eigenvalue weighted by Gasteiger charge is 2.53. The number of aryl methyl sites for hydroxylation is 1. The number of aromatic nitrogens is 3. The van der Waals surface area contributed by atoms with Crippen molar-refractivity contribution in [3.63, 3.8) is 0 Å². The maximum atomic E-state index is 14.4. The number of fused-ring (bicyclic) bond motifs is 3. The summed E-state index contributed by atoms with van der Waals surface area (Å²) < 4.78 is 20.7. The number of nitrogens with zero attached hydrogens (tertiary/aromatic N) is 7. The van der Waals surface area contributed by atoms with E-state index in [0.717, 1.165) is 43.4 Å². The summed E-state index contributed by atoms with van der Waals surface area (Å²) in [5.74, 6) is 1.19. The fraction of sp³-hybridized carbons (Fsp3) is 0.500. The molecule has 3 aromatic rings. The second kappa shape index (κ2) is 10.2. The third kappa shape index (κ3) is 4.41. The van der Waals surface area contributed by atoms with Gasteiger partial charge in [0.15, 0.2) is 11.6 Å². The highest BCUT2D eigenvalue weighted by Crippen LogP contribution is 2.53. The van der Waals surface area contributed by atoms with E-state index in [-0.39, 0.29) is 29.6 Å². The molecule has 1 unspecified atom stereocenters. The van der Waals surface area contributed by atoms with Gasteiger partial charge in [-0.1, -0.05) is 6.07 Å². The van der Waals surface area contributed by atoms with Crippen LogP contribution in [0.25, 0.3) is 0 Å². The van der Waals surface area contributed by atoms with Gasteiger partial charge in [-0.25, -0.2) is 9.37 Å². The van der Waals surface area contributed by atoms with Crippen LogP contribution in [0.5, 0.6) is 6.01 Å². The summed E-state index contributed by atoms with van der Waals surface area (Å²) in [5.41, 5.74) is 14.5. The van der Waals surface area contributed by atoms with Crippen LogP contribution in [0.15, 0.2) is 18.3 Å². The number of rotatable bonds is 7. The smallest absolute Gasteiger partial charge is 0.320 e. The number of hydrogen-bond acceptors (Lipinski definition) is 12. The minimum Gasteiger partial charge on any atom is -0.461 e. The van der Waals surface area contributed by atoms with Crippen molar-refractivity contribution in [1.82, 2.24) is 19.9 Å². The number of nitrogens with one attached hydrogen (secondary N) is 1. The standard InChI is InChI=1S/C30H33FN10OS/c1-17(19-4-2-8-36-24(19)34)37-26-21(12-33)27(39-28(38-26)42-16-30-6-3-9-41(30)13-18(31)10-30)40-14-29(15-40)7-5-22-23(29)20(11-32)25(35)43-22/h2,4,8,17-18H,3,5-7,9-10,13-16,35H2,1H3,(H2,34,36)(H,37,38,39)/t17?,18-,30+/m1/s1. The van der Waals surface area contributed by atoms with Crippen molar-refractivity contribution < 1.29 is 9.13 Å². The summed E-state index contributed by atoms with van der Waals surface area (Å²) >= 11 is 1.50. The third-order valence-corrected chi connectivity index (χ3v) is 10.7. The summed E-state index contributed by atoms with van der Waals surface area (Å²) in [7, 11) is 0. The molecule has 0 aromatic carbocycles. The molecule has 11 nitrogen and oxygen atoms in total. The zero-order chi connectivity index (χ0) is 29.9. The first-order chi connectivity index (χ1) is 20.8. The third-order valence-electron chi connectivity index (χ3n) is 9.67. The van der Waals surface area contributed by atoms with E-state index in [1.54, 1.807) is 6.20 Å². The number of halogens is 1. The van der Waals surface area contributed by atoms with Gasteiger partial charge in [0.05, 0.1) is 17.1 Å². The molecule has 3 aromatic heterocycles. The molecular formula is C30H33FN10OS. The Labute approximate surface area is 253 Å². The van der Waals surface area contributed by atoms with E-state index in [9.17, 15) is 14.9 Å². The van der Waals surface area contributed by atoms with Crippen LogP contribution in [0.2, 0.25) is 0 Å². The SMILES string of the molecule is CC(Nc1nc(OC[C@@]23CCCN2C[C@H](F)C3)nc(N2CC3(CCc4sc(N)c(C#N)c43)C2)c1C#N)c1cccnc1N. The molecular weight excluding hydrogens is 567 g/mol. The number of nitrogen functional groups attached to an aromatic ring is 2. The van der Waals surface area contributed by atoms with E-state index in [1.165, 1.54) is 16.2 Å².